The van der Waals surface area contributed by atoms with Crippen molar-refractivity contribution in [1.82, 2.24) is 14.1 Å². The van der Waals surface area contributed by atoms with Gasteiger partial charge in [0.1, 0.15) is 25.4 Å². The SMILES string of the molecule is O=c1c2c(-c3ccc(OCC4(CO)COC4)cc3)cn(-c3ccccc3)c2ncn1COP(=O)(O)O. The van der Waals surface area contributed by atoms with Gasteiger partial charge in [-0.1, -0.05) is 30.3 Å². The lowest BCUT2D eigenvalue weighted by molar-refractivity contribution is -0.153. The van der Waals surface area contributed by atoms with Crippen LogP contribution in [0.3, 0.4) is 0 Å². The molecular weight excluding hydrogens is 489 g/mol. The molecule has 1 aliphatic heterocycles. The second-order valence-corrected chi connectivity index (χ2v) is 9.92. The van der Waals surface area contributed by atoms with Gasteiger partial charge in [0.2, 0.25) is 0 Å². The summed E-state index contributed by atoms with van der Waals surface area (Å²) in [5.41, 5.74) is 1.60. The number of hydrogen-bond donors (Lipinski definition) is 3. The van der Waals surface area contributed by atoms with Gasteiger partial charge in [-0.05, 0) is 29.8 Å². The predicted molar refractivity (Wildman–Crippen MR) is 130 cm³/mol. The molecule has 4 aromatic rings. The topological polar surface area (TPSA) is 145 Å². The zero-order valence-electron chi connectivity index (χ0n) is 19.1. The molecule has 2 aromatic heterocycles. The lowest BCUT2D eigenvalue weighted by atomic mass is 9.88. The zero-order valence-corrected chi connectivity index (χ0v) is 20.0. The van der Waals surface area contributed by atoms with Crippen molar-refractivity contribution >= 4 is 18.9 Å². The first-order chi connectivity index (χ1) is 17.3. The molecule has 0 amide bonds. The molecule has 0 saturated carbocycles. The summed E-state index contributed by atoms with van der Waals surface area (Å²) in [7, 11) is -4.78. The molecule has 11 nitrogen and oxygen atoms in total. The zero-order chi connectivity index (χ0) is 25.3. The Morgan fingerprint density at radius 2 is 1.81 bits per heavy atom. The van der Waals surface area contributed by atoms with Crippen molar-refractivity contribution in [1.29, 1.82) is 0 Å². The highest BCUT2D eigenvalue weighted by Gasteiger charge is 2.39. The van der Waals surface area contributed by atoms with Crippen LogP contribution in [0, 0.1) is 5.41 Å². The molecule has 3 N–H and O–H groups in total. The minimum atomic E-state index is -4.78. The Morgan fingerprint density at radius 1 is 1.08 bits per heavy atom. The molecule has 188 valence electrons. The van der Waals surface area contributed by atoms with E-state index in [2.05, 4.69) is 9.51 Å². The largest absolute Gasteiger partial charge is 0.493 e. The summed E-state index contributed by atoms with van der Waals surface area (Å²) < 4.78 is 29.5. The number of aliphatic hydroxyl groups is 1. The Morgan fingerprint density at radius 3 is 2.42 bits per heavy atom. The minimum Gasteiger partial charge on any atom is -0.493 e. The van der Waals surface area contributed by atoms with E-state index in [0.717, 1.165) is 15.8 Å². The summed E-state index contributed by atoms with van der Waals surface area (Å²) in [6.07, 6.45) is 2.99. The first kappa shape index (κ1) is 24.4. The Bertz CT molecular complexity index is 1470. The molecule has 0 atom stereocenters. The second kappa shape index (κ2) is 9.62. The van der Waals surface area contributed by atoms with Crippen molar-refractivity contribution in [3.8, 4) is 22.6 Å². The number of para-hydroxylation sites is 1. The fourth-order valence-corrected chi connectivity index (χ4v) is 4.24. The average Bonchev–Trinajstić information content (AvgIpc) is 3.24. The number of nitrogens with zero attached hydrogens (tertiary/aromatic N) is 3. The number of aliphatic hydroxyl groups excluding tert-OH is 1. The van der Waals surface area contributed by atoms with Gasteiger partial charge in [-0.3, -0.25) is 13.9 Å². The molecule has 3 heterocycles. The maximum atomic E-state index is 13.4. The molecule has 0 unspecified atom stereocenters. The molecule has 0 aliphatic carbocycles. The quantitative estimate of drug-likeness (QED) is 0.287. The smallest absolute Gasteiger partial charge is 0.471 e. The van der Waals surface area contributed by atoms with Crippen molar-refractivity contribution in [3.63, 3.8) is 0 Å². The van der Waals surface area contributed by atoms with Crippen LogP contribution >= 0.6 is 7.82 Å². The number of phosphoric acid groups is 1. The van der Waals surface area contributed by atoms with E-state index in [4.69, 9.17) is 19.3 Å². The van der Waals surface area contributed by atoms with E-state index in [1.807, 2.05) is 42.5 Å². The average molecular weight is 513 g/mol. The van der Waals surface area contributed by atoms with E-state index < -0.39 is 20.1 Å². The van der Waals surface area contributed by atoms with E-state index in [9.17, 15) is 14.5 Å². The first-order valence-corrected chi connectivity index (χ1v) is 12.6. The lowest BCUT2D eigenvalue weighted by Crippen LogP contribution is -2.49. The van der Waals surface area contributed by atoms with E-state index in [1.54, 1.807) is 22.9 Å². The van der Waals surface area contributed by atoms with E-state index in [-0.39, 0.29) is 17.4 Å². The van der Waals surface area contributed by atoms with Crippen LogP contribution in [0.15, 0.2) is 71.9 Å². The van der Waals surface area contributed by atoms with Crippen LogP contribution in [0.2, 0.25) is 0 Å². The van der Waals surface area contributed by atoms with Gasteiger partial charge in [0.25, 0.3) is 5.56 Å². The van der Waals surface area contributed by atoms with Gasteiger partial charge in [-0.15, -0.1) is 0 Å². The maximum Gasteiger partial charge on any atom is 0.471 e. The molecule has 1 aliphatic rings. The van der Waals surface area contributed by atoms with Crippen LogP contribution in [0.4, 0.5) is 0 Å². The van der Waals surface area contributed by atoms with Crippen molar-refractivity contribution in [2.75, 3.05) is 26.4 Å². The number of phosphoric ester groups is 1. The highest BCUT2D eigenvalue weighted by molar-refractivity contribution is 7.46. The van der Waals surface area contributed by atoms with Crippen molar-refractivity contribution in [2.45, 2.75) is 6.73 Å². The van der Waals surface area contributed by atoms with Gasteiger partial charge in [0.15, 0.2) is 5.65 Å². The van der Waals surface area contributed by atoms with Crippen molar-refractivity contribution < 1.29 is 33.5 Å². The summed E-state index contributed by atoms with van der Waals surface area (Å²) in [6, 6.07) is 16.6. The number of ether oxygens (including phenoxy) is 2. The fourth-order valence-electron chi connectivity index (χ4n) is 3.97. The first-order valence-electron chi connectivity index (χ1n) is 11.1. The van der Waals surface area contributed by atoms with Crippen LogP contribution in [0.25, 0.3) is 27.8 Å². The third kappa shape index (κ3) is 4.85. The van der Waals surface area contributed by atoms with Crippen LogP contribution in [0.1, 0.15) is 0 Å². The van der Waals surface area contributed by atoms with Crippen LogP contribution in [0.5, 0.6) is 5.75 Å². The monoisotopic (exact) mass is 513 g/mol. The highest BCUT2D eigenvalue weighted by Crippen LogP contribution is 2.36. The number of fused-ring (bicyclic) bond motifs is 1. The second-order valence-electron chi connectivity index (χ2n) is 8.68. The summed E-state index contributed by atoms with van der Waals surface area (Å²) in [5.74, 6) is 0.607. The standard InChI is InChI=1S/C24H24N3O8P/c28-11-24(12-33-13-24)14-34-19-8-6-17(7-9-19)20-10-27(18-4-2-1-3-5-18)22-21(20)23(29)26(15-25-22)16-35-36(30,31)32/h1-10,15,28H,11-14,16H2,(H2,30,31,32). The van der Waals surface area contributed by atoms with Crippen LogP contribution in [-0.4, -0.2) is 55.4 Å². The Hall–Kier alpha value is -3.31. The van der Waals surface area contributed by atoms with E-state index in [0.29, 0.717) is 36.8 Å². The van der Waals surface area contributed by atoms with Crippen LogP contribution < -0.4 is 10.3 Å². The molecule has 1 saturated heterocycles. The van der Waals surface area contributed by atoms with Gasteiger partial charge in [-0.25, -0.2) is 9.55 Å². The molecule has 36 heavy (non-hydrogen) atoms. The molecule has 5 rings (SSSR count). The predicted octanol–water partition coefficient (Wildman–Crippen LogP) is 2.31. The summed E-state index contributed by atoms with van der Waals surface area (Å²) >= 11 is 0. The minimum absolute atomic E-state index is 0.0188. The van der Waals surface area contributed by atoms with Gasteiger partial charge in [-0.2, -0.15) is 0 Å². The third-order valence-corrected chi connectivity index (χ3v) is 6.49. The molecule has 0 radical (unpaired) electrons. The summed E-state index contributed by atoms with van der Waals surface area (Å²) in [4.78, 5) is 35.8. The van der Waals surface area contributed by atoms with E-state index in [1.165, 1.54) is 6.33 Å². The van der Waals surface area contributed by atoms with Gasteiger partial charge >= 0.3 is 7.82 Å². The number of benzene rings is 2. The molecule has 0 bridgehead atoms. The number of rotatable bonds is 9. The van der Waals surface area contributed by atoms with Crippen molar-refractivity contribution in [2.24, 2.45) is 5.41 Å². The van der Waals surface area contributed by atoms with Gasteiger partial charge in [0.05, 0.1) is 30.6 Å². The molecular formula is C24H24N3O8P. The van der Waals surface area contributed by atoms with Crippen LogP contribution in [-0.2, 0) is 20.6 Å². The Balaban J connectivity index is 1.53. The molecule has 2 aromatic carbocycles. The molecule has 12 heteroatoms. The summed E-state index contributed by atoms with van der Waals surface area (Å²) in [6.45, 7) is 0.557. The third-order valence-electron chi connectivity index (χ3n) is 6.04. The van der Waals surface area contributed by atoms with E-state index >= 15 is 0 Å². The number of aromatic nitrogens is 3. The fraction of sp³-hybridized carbons (Fsp3) is 0.250. The highest BCUT2D eigenvalue weighted by atomic mass is 31.2. The maximum absolute atomic E-state index is 13.4. The Labute approximate surface area is 205 Å². The lowest BCUT2D eigenvalue weighted by Gasteiger charge is -2.39. The summed E-state index contributed by atoms with van der Waals surface area (Å²) in [5, 5.41) is 9.86. The van der Waals surface area contributed by atoms with Crippen molar-refractivity contribution in [3.05, 3.63) is 77.5 Å². The Kier molecular flexibility index (Phi) is 6.52. The normalized spacial score (nSPS) is 15.1. The van der Waals surface area contributed by atoms with Gasteiger partial charge in [0, 0.05) is 17.4 Å². The number of hydrogen-bond acceptors (Lipinski definition) is 7. The van der Waals surface area contributed by atoms with Gasteiger partial charge < -0.3 is 28.9 Å². The molecule has 1 fully saturated rings. The molecule has 0 spiro atoms.